The predicted octanol–water partition coefficient (Wildman–Crippen LogP) is 4.47. The summed E-state index contributed by atoms with van der Waals surface area (Å²) in [5.74, 6) is 0. The highest BCUT2D eigenvalue weighted by Crippen LogP contribution is 2.24. The monoisotopic (exact) mass is 355 g/mol. The summed E-state index contributed by atoms with van der Waals surface area (Å²) in [5.41, 5.74) is 6.26. The Labute approximate surface area is 143 Å². The Bertz CT molecular complexity index is 358. The van der Waals surface area contributed by atoms with E-state index >= 15 is 0 Å². The van der Waals surface area contributed by atoms with Crippen LogP contribution >= 0.6 is 35.6 Å². The first-order valence-corrected chi connectivity index (χ1v) is 7.79. The third kappa shape index (κ3) is 9.56. The minimum absolute atomic E-state index is 0. The van der Waals surface area contributed by atoms with Crippen LogP contribution in [0.1, 0.15) is 31.2 Å². The van der Waals surface area contributed by atoms with Gasteiger partial charge in [-0.05, 0) is 31.5 Å². The van der Waals surface area contributed by atoms with Crippen molar-refractivity contribution in [2.75, 3.05) is 26.4 Å². The first-order chi connectivity index (χ1) is 9.75. The van der Waals surface area contributed by atoms with Gasteiger partial charge in [-0.15, -0.1) is 12.4 Å². The molecule has 0 heterocycles. The molecule has 0 aliphatic rings. The second kappa shape index (κ2) is 13.6. The first-order valence-electron chi connectivity index (χ1n) is 7.04. The summed E-state index contributed by atoms with van der Waals surface area (Å²) in [7, 11) is 0. The molecule has 0 fully saturated rings. The Morgan fingerprint density at radius 2 is 1.48 bits per heavy atom. The molecule has 1 aromatic carbocycles. The van der Waals surface area contributed by atoms with Crippen LogP contribution in [-0.4, -0.2) is 26.4 Å². The van der Waals surface area contributed by atoms with E-state index in [4.69, 9.17) is 38.4 Å². The lowest BCUT2D eigenvalue weighted by atomic mass is 10.2. The van der Waals surface area contributed by atoms with E-state index in [1.165, 1.54) is 12.8 Å². The van der Waals surface area contributed by atoms with Gasteiger partial charge < -0.3 is 15.2 Å². The Morgan fingerprint density at radius 3 is 2.14 bits per heavy atom. The second-order valence-electron chi connectivity index (χ2n) is 4.57. The van der Waals surface area contributed by atoms with Crippen LogP contribution in [0, 0.1) is 0 Å². The maximum absolute atomic E-state index is 6.05. The minimum Gasteiger partial charge on any atom is -0.379 e. The van der Waals surface area contributed by atoms with E-state index in [2.05, 4.69) is 0 Å². The molecule has 0 radical (unpaired) electrons. The molecule has 0 aromatic heterocycles. The molecule has 0 saturated heterocycles. The van der Waals surface area contributed by atoms with Crippen molar-refractivity contribution in [1.82, 2.24) is 0 Å². The Hall–Kier alpha value is -0.0300. The van der Waals surface area contributed by atoms with Crippen molar-refractivity contribution in [2.24, 2.45) is 5.73 Å². The Morgan fingerprint density at radius 1 is 0.857 bits per heavy atom. The third-order valence-corrected chi connectivity index (χ3v) is 3.63. The summed E-state index contributed by atoms with van der Waals surface area (Å²) in [4.78, 5) is 0. The molecule has 122 valence electrons. The van der Waals surface area contributed by atoms with Crippen molar-refractivity contribution in [3.63, 3.8) is 0 Å². The van der Waals surface area contributed by atoms with Crippen molar-refractivity contribution in [3.05, 3.63) is 33.8 Å². The molecule has 0 bridgehead atoms. The van der Waals surface area contributed by atoms with Crippen LogP contribution in [0.2, 0.25) is 10.0 Å². The van der Waals surface area contributed by atoms with Crippen LogP contribution in [0.15, 0.2) is 18.2 Å². The van der Waals surface area contributed by atoms with Crippen LogP contribution in [-0.2, 0) is 16.1 Å². The van der Waals surface area contributed by atoms with Crippen LogP contribution < -0.4 is 5.73 Å². The highest BCUT2D eigenvalue weighted by atomic mass is 35.5. The van der Waals surface area contributed by atoms with Gasteiger partial charge in [0.15, 0.2) is 0 Å². The fourth-order valence-electron chi connectivity index (χ4n) is 1.77. The molecule has 3 nitrogen and oxygen atoms in total. The zero-order valence-electron chi connectivity index (χ0n) is 12.2. The first kappa shape index (κ1) is 21.0. The topological polar surface area (TPSA) is 44.5 Å². The van der Waals surface area contributed by atoms with Gasteiger partial charge in [-0.2, -0.15) is 0 Å². The maximum Gasteiger partial charge on any atom is 0.0747 e. The molecular formula is C15H24Cl3NO2. The van der Waals surface area contributed by atoms with E-state index < -0.39 is 0 Å². The number of hydrogen-bond acceptors (Lipinski definition) is 3. The SMILES string of the molecule is Cl.NCCCCCCOCCOCc1c(Cl)cccc1Cl. The molecule has 0 saturated carbocycles. The van der Waals surface area contributed by atoms with Crippen LogP contribution in [0.3, 0.4) is 0 Å². The summed E-state index contributed by atoms with van der Waals surface area (Å²) in [5, 5.41) is 1.27. The predicted molar refractivity (Wildman–Crippen MR) is 91.7 cm³/mol. The highest BCUT2D eigenvalue weighted by Gasteiger charge is 2.04. The van der Waals surface area contributed by atoms with E-state index in [-0.39, 0.29) is 12.4 Å². The van der Waals surface area contributed by atoms with Crippen molar-refractivity contribution >= 4 is 35.6 Å². The number of unbranched alkanes of at least 4 members (excludes halogenated alkanes) is 3. The lowest BCUT2D eigenvalue weighted by Gasteiger charge is -2.08. The van der Waals surface area contributed by atoms with Gasteiger partial charge in [0.2, 0.25) is 0 Å². The van der Waals surface area contributed by atoms with E-state index in [1.807, 2.05) is 18.2 Å². The molecule has 6 heteroatoms. The molecule has 0 amide bonds. The Kier molecular flexibility index (Phi) is 13.6. The molecular weight excluding hydrogens is 333 g/mol. The molecule has 2 N–H and O–H groups in total. The van der Waals surface area contributed by atoms with E-state index in [0.717, 1.165) is 31.6 Å². The average Bonchev–Trinajstić information content (AvgIpc) is 2.43. The number of halogens is 3. The van der Waals surface area contributed by atoms with Gasteiger partial charge in [0.05, 0.1) is 19.8 Å². The molecule has 0 unspecified atom stereocenters. The van der Waals surface area contributed by atoms with Gasteiger partial charge in [-0.25, -0.2) is 0 Å². The van der Waals surface area contributed by atoms with Gasteiger partial charge in [0.25, 0.3) is 0 Å². The number of ether oxygens (including phenoxy) is 2. The Balaban J connectivity index is 0.00000400. The minimum atomic E-state index is 0. The van der Waals surface area contributed by atoms with E-state index in [9.17, 15) is 0 Å². The van der Waals surface area contributed by atoms with Crippen molar-refractivity contribution < 1.29 is 9.47 Å². The molecule has 21 heavy (non-hydrogen) atoms. The highest BCUT2D eigenvalue weighted by molar-refractivity contribution is 6.35. The standard InChI is InChI=1S/C15H23Cl2NO2.ClH/c16-14-6-5-7-15(17)13(14)12-20-11-10-19-9-4-2-1-3-8-18;/h5-7H,1-4,8-12,18H2;1H. The molecule has 0 aliphatic carbocycles. The summed E-state index contributed by atoms with van der Waals surface area (Å²) >= 11 is 12.1. The molecule has 1 aromatic rings. The zero-order valence-corrected chi connectivity index (χ0v) is 14.5. The van der Waals surface area contributed by atoms with Crippen molar-refractivity contribution in [3.8, 4) is 0 Å². The molecule has 1 rings (SSSR count). The van der Waals surface area contributed by atoms with Gasteiger partial charge in [-0.3, -0.25) is 0 Å². The van der Waals surface area contributed by atoms with Crippen molar-refractivity contribution in [2.45, 2.75) is 32.3 Å². The second-order valence-corrected chi connectivity index (χ2v) is 5.38. The average molecular weight is 357 g/mol. The molecule has 0 spiro atoms. The van der Waals surface area contributed by atoms with E-state index in [1.54, 1.807) is 0 Å². The van der Waals surface area contributed by atoms with Gasteiger partial charge in [0, 0.05) is 22.2 Å². The lowest BCUT2D eigenvalue weighted by molar-refractivity contribution is 0.0393. The largest absolute Gasteiger partial charge is 0.379 e. The van der Waals surface area contributed by atoms with Crippen LogP contribution in [0.25, 0.3) is 0 Å². The normalized spacial score (nSPS) is 10.4. The van der Waals surface area contributed by atoms with E-state index in [0.29, 0.717) is 29.9 Å². The fraction of sp³-hybridized carbons (Fsp3) is 0.600. The fourth-order valence-corrected chi connectivity index (χ4v) is 2.27. The number of nitrogens with two attached hydrogens (primary N) is 1. The third-order valence-electron chi connectivity index (χ3n) is 2.92. The number of benzene rings is 1. The zero-order chi connectivity index (χ0) is 14.6. The molecule has 0 atom stereocenters. The van der Waals surface area contributed by atoms with Gasteiger partial charge >= 0.3 is 0 Å². The van der Waals surface area contributed by atoms with Crippen LogP contribution in [0.5, 0.6) is 0 Å². The smallest absolute Gasteiger partial charge is 0.0747 e. The summed E-state index contributed by atoms with van der Waals surface area (Å²) < 4.78 is 11.0. The number of rotatable bonds is 11. The summed E-state index contributed by atoms with van der Waals surface area (Å²) in [6.45, 7) is 3.11. The van der Waals surface area contributed by atoms with Crippen molar-refractivity contribution in [1.29, 1.82) is 0 Å². The lowest BCUT2D eigenvalue weighted by Crippen LogP contribution is -2.06. The molecule has 0 aliphatic heterocycles. The quantitative estimate of drug-likeness (QED) is 0.595. The number of hydrogen-bond donors (Lipinski definition) is 1. The van der Waals surface area contributed by atoms with Crippen LogP contribution in [0.4, 0.5) is 0 Å². The summed E-state index contributed by atoms with van der Waals surface area (Å²) in [6.07, 6.45) is 4.53. The van der Waals surface area contributed by atoms with Gasteiger partial charge in [-0.1, -0.05) is 42.1 Å². The maximum atomic E-state index is 6.05. The summed E-state index contributed by atoms with van der Waals surface area (Å²) in [6, 6.07) is 5.44. The van der Waals surface area contributed by atoms with Gasteiger partial charge in [0.1, 0.15) is 0 Å².